The topological polar surface area (TPSA) is 47.5 Å². The van der Waals surface area contributed by atoms with Gasteiger partial charge in [-0.3, -0.25) is 0 Å². The monoisotopic (exact) mass is 277 g/mol. The number of alkyl halides is 1. The number of aromatic nitrogens is 2. The van der Waals surface area contributed by atoms with Gasteiger partial charge in [0.05, 0.1) is 32.6 Å². The lowest BCUT2D eigenvalue weighted by Gasteiger charge is -2.35. The molecule has 0 N–H and O–H groups in total. The molecule has 17 heavy (non-hydrogen) atoms. The van der Waals surface area contributed by atoms with Crippen molar-refractivity contribution < 1.29 is 9.47 Å². The van der Waals surface area contributed by atoms with Gasteiger partial charge in [0.15, 0.2) is 5.82 Å². The van der Waals surface area contributed by atoms with E-state index < -0.39 is 0 Å². The van der Waals surface area contributed by atoms with Crippen molar-refractivity contribution >= 4 is 29.0 Å². The summed E-state index contributed by atoms with van der Waals surface area (Å²) in [5.41, 5.74) is 0. The number of hydrogen-bond acceptors (Lipinski definition) is 5. The highest BCUT2D eigenvalue weighted by atomic mass is 35.5. The van der Waals surface area contributed by atoms with Gasteiger partial charge in [0.1, 0.15) is 5.02 Å². The summed E-state index contributed by atoms with van der Waals surface area (Å²) in [7, 11) is 1.52. The molecule has 0 aromatic carbocycles. The maximum atomic E-state index is 6.10. The van der Waals surface area contributed by atoms with Crippen LogP contribution in [0, 0.1) is 0 Å². The van der Waals surface area contributed by atoms with Crippen LogP contribution in [-0.2, 0) is 4.74 Å². The summed E-state index contributed by atoms with van der Waals surface area (Å²) >= 11 is 12.0. The minimum Gasteiger partial charge on any atom is -0.467 e. The van der Waals surface area contributed by atoms with Gasteiger partial charge in [0.25, 0.3) is 0 Å². The van der Waals surface area contributed by atoms with Crippen LogP contribution in [0.1, 0.15) is 0 Å². The predicted molar refractivity (Wildman–Crippen MR) is 66.3 cm³/mol. The largest absolute Gasteiger partial charge is 0.467 e. The molecule has 7 heteroatoms. The van der Waals surface area contributed by atoms with Gasteiger partial charge in [0, 0.05) is 12.4 Å². The summed E-state index contributed by atoms with van der Waals surface area (Å²) in [5.74, 6) is 1.11. The van der Waals surface area contributed by atoms with E-state index in [9.17, 15) is 0 Å². The van der Waals surface area contributed by atoms with Crippen LogP contribution in [0.4, 0.5) is 5.82 Å². The lowest BCUT2D eigenvalue weighted by Crippen LogP contribution is -2.47. The molecule has 1 aliphatic heterocycles. The highest BCUT2D eigenvalue weighted by Gasteiger charge is 2.25. The van der Waals surface area contributed by atoms with E-state index in [4.69, 9.17) is 32.7 Å². The molecule has 1 aromatic heterocycles. The lowest BCUT2D eigenvalue weighted by molar-refractivity contribution is 0.0993. The third kappa shape index (κ3) is 2.73. The number of anilines is 1. The zero-order valence-electron chi connectivity index (χ0n) is 9.40. The summed E-state index contributed by atoms with van der Waals surface area (Å²) in [6, 6.07) is 0.367. The van der Waals surface area contributed by atoms with Crippen LogP contribution < -0.4 is 9.64 Å². The number of morpholine rings is 1. The Balaban J connectivity index is 2.30. The summed E-state index contributed by atoms with van der Waals surface area (Å²) in [6.45, 7) is 1.92. The fraction of sp³-hybridized carbons (Fsp3) is 0.600. The standard InChI is InChI=1S/C10H13Cl2N3O2/c1-16-10-13-5-8(12)9(14-10)15-2-3-17-6-7(15)4-11/h5,7H,2-4,6H2,1H3. The van der Waals surface area contributed by atoms with Crippen molar-refractivity contribution in [3.8, 4) is 6.01 Å². The highest BCUT2D eigenvalue weighted by molar-refractivity contribution is 6.32. The first kappa shape index (κ1) is 12.7. The van der Waals surface area contributed by atoms with E-state index in [-0.39, 0.29) is 6.04 Å². The van der Waals surface area contributed by atoms with Crippen molar-refractivity contribution in [1.29, 1.82) is 0 Å². The Morgan fingerprint density at radius 1 is 1.65 bits per heavy atom. The van der Waals surface area contributed by atoms with E-state index in [1.807, 2.05) is 4.90 Å². The first-order valence-electron chi connectivity index (χ1n) is 5.23. The first-order chi connectivity index (χ1) is 8.26. The van der Waals surface area contributed by atoms with Crippen LogP contribution in [0.25, 0.3) is 0 Å². The molecule has 1 saturated heterocycles. The average molecular weight is 278 g/mol. The summed E-state index contributed by atoms with van der Waals surface area (Å²) in [6.07, 6.45) is 1.53. The van der Waals surface area contributed by atoms with Crippen LogP contribution in [0.3, 0.4) is 0 Å². The Kier molecular flexibility index (Phi) is 4.25. The van der Waals surface area contributed by atoms with Gasteiger partial charge < -0.3 is 14.4 Å². The lowest BCUT2D eigenvalue weighted by atomic mass is 10.2. The zero-order chi connectivity index (χ0) is 12.3. The van der Waals surface area contributed by atoms with Crippen molar-refractivity contribution in [1.82, 2.24) is 9.97 Å². The summed E-state index contributed by atoms with van der Waals surface area (Å²) in [5, 5.41) is 0.489. The SMILES string of the molecule is COc1ncc(Cl)c(N2CCOCC2CCl)n1. The predicted octanol–water partition coefficient (Wildman–Crippen LogP) is 1.58. The molecule has 2 rings (SSSR count). The van der Waals surface area contributed by atoms with Gasteiger partial charge in [0.2, 0.25) is 0 Å². The fourth-order valence-corrected chi connectivity index (χ4v) is 2.16. The molecule has 0 aliphatic carbocycles. The van der Waals surface area contributed by atoms with Crippen LogP contribution in [-0.4, -0.2) is 48.8 Å². The van der Waals surface area contributed by atoms with Gasteiger partial charge in [-0.15, -0.1) is 11.6 Å². The molecule has 1 fully saturated rings. The number of methoxy groups -OCH3 is 1. The molecule has 0 bridgehead atoms. The molecule has 5 nitrogen and oxygen atoms in total. The molecular formula is C10H13Cl2N3O2. The van der Waals surface area contributed by atoms with Crippen LogP contribution in [0.15, 0.2) is 6.20 Å². The Bertz CT molecular complexity index is 392. The van der Waals surface area contributed by atoms with Gasteiger partial charge >= 0.3 is 6.01 Å². The van der Waals surface area contributed by atoms with Gasteiger partial charge in [-0.05, 0) is 0 Å². The first-order valence-corrected chi connectivity index (χ1v) is 6.14. The quantitative estimate of drug-likeness (QED) is 0.786. The molecule has 0 amide bonds. The van der Waals surface area contributed by atoms with Crippen LogP contribution in [0.5, 0.6) is 6.01 Å². The number of rotatable bonds is 3. The number of nitrogens with zero attached hydrogens (tertiary/aromatic N) is 3. The Morgan fingerprint density at radius 2 is 2.47 bits per heavy atom. The second-order valence-electron chi connectivity index (χ2n) is 3.60. The minimum atomic E-state index is 0.0718. The van der Waals surface area contributed by atoms with E-state index in [2.05, 4.69) is 9.97 Å². The maximum absolute atomic E-state index is 6.10. The Hall–Kier alpha value is -0.780. The molecule has 0 saturated carbocycles. The van der Waals surface area contributed by atoms with Gasteiger partial charge in [-0.2, -0.15) is 4.98 Å². The molecule has 1 aliphatic rings. The molecule has 1 aromatic rings. The van der Waals surface area contributed by atoms with Crippen molar-refractivity contribution in [2.24, 2.45) is 0 Å². The second kappa shape index (κ2) is 5.71. The van der Waals surface area contributed by atoms with Gasteiger partial charge in [-0.25, -0.2) is 4.98 Å². The van der Waals surface area contributed by atoms with E-state index >= 15 is 0 Å². The van der Waals surface area contributed by atoms with Gasteiger partial charge in [-0.1, -0.05) is 11.6 Å². The maximum Gasteiger partial charge on any atom is 0.318 e. The molecule has 94 valence electrons. The van der Waals surface area contributed by atoms with Crippen molar-refractivity contribution in [2.75, 3.05) is 37.6 Å². The summed E-state index contributed by atoms with van der Waals surface area (Å²) < 4.78 is 10.4. The van der Waals surface area contributed by atoms with Crippen molar-refractivity contribution in [3.63, 3.8) is 0 Å². The number of ether oxygens (including phenoxy) is 2. The molecule has 1 unspecified atom stereocenters. The third-order valence-electron chi connectivity index (χ3n) is 2.56. The normalized spacial score (nSPS) is 20.4. The molecule has 2 heterocycles. The van der Waals surface area contributed by atoms with E-state index in [1.54, 1.807) is 0 Å². The Morgan fingerprint density at radius 3 is 3.18 bits per heavy atom. The fourth-order valence-electron chi connectivity index (χ4n) is 1.70. The number of halogens is 2. The second-order valence-corrected chi connectivity index (χ2v) is 4.32. The highest BCUT2D eigenvalue weighted by Crippen LogP contribution is 2.27. The average Bonchev–Trinajstić information content (AvgIpc) is 2.39. The minimum absolute atomic E-state index is 0.0718. The van der Waals surface area contributed by atoms with Crippen LogP contribution in [0.2, 0.25) is 5.02 Å². The smallest absolute Gasteiger partial charge is 0.318 e. The number of hydrogen-bond donors (Lipinski definition) is 0. The molecule has 0 radical (unpaired) electrons. The molecular weight excluding hydrogens is 265 g/mol. The third-order valence-corrected chi connectivity index (χ3v) is 3.19. The van der Waals surface area contributed by atoms with E-state index in [1.165, 1.54) is 13.3 Å². The van der Waals surface area contributed by atoms with E-state index in [0.29, 0.717) is 42.5 Å². The van der Waals surface area contributed by atoms with Crippen molar-refractivity contribution in [2.45, 2.75) is 6.04 Å². The van der Waals surface area contributed by atoms with Crippen LogP contribution >= 0.6 is 23.2 Å². The summed E-state index contributed by atoms with van der Waals surface area (Å²) in [4.78, 5) is 10.2. The Labute approximate surface area is 110 Å². The zero-order valence-corrected chi connectivity index (χ0v) is 10.9. The molecule has 1 atom stereocenters. The van der Waals surface area contributed by atoms with E-state index in [0.717, 1.165) is 0 Å². The van der Waals surface area contributed by atoms with Crippen molar-refractivity contribution in [3.05, 3.63) is 11.2 Å². The molecule has 0 spiro atoms.